The van der Waals surface area contributed by atoms with Crippen LogP contribution in [0.4, 0.5) is 0 Å². The molecule has 0 aromatic carbocycles. The van der Waals surface area contributed by atoms with Gasteiger partial charge in [-0.25, -0.2) is 4.79 Å². The smallest absolute Gasteiger partial charge is 0.352 e. The molecule has 1 aromatic heterocycles. The molecule has 1 aromatic rings. The van der Waals surface area contributed by atoms with Crippen LogP contribution in [-0.4, -0.2) is 23.5 Å². The molecule has 0 bridgehead atoms. The molecule has 0 N–H and O–H groups in total. The van der Waals surface area contributed by atoms with Gasteiger partial charge < -0.3 is 9.47 Å². The van der Waals surface area contributed by atoms with E-state index >= 15 is 0 Å². The zero-order chi connectivity index (χ0) is 14.3. The van der Waals surface area contributed by atoms with Gasteiger partial charge in [0.15, 0.2) is 0 Å². The summed E-state index contributed by atoms with van der Waals surface area (Å²) in [5.74, 6) is -0.802. The molecule has 19 heavy (non-hydrogen) atoms. The molecule has 0 spiro atoms. The minimum atomic E-state index is -1.02. The van der Waals surface area contributed by atoms with Gasteiger partial charge >= 0.3 is 11.9 Å². The molecule has 5 nitrogen and oxygen atoms in total. The number of esters is 2. The maximum atomic E-state index is 11.8. The average molecular weight is 265 g/mol. The first-order valence-electron chi connectivity index (χ1n) is 6.30. The third kappa shape index (κ3) is 5.07. The summed E-state index contributed by atoms with van der Waals surface area (Å²) < 4.78 is 10.1. The molecule has 0 aliphatic rings. The van der Waals surface area contributed by atoms with Crippen molar-refractivity contribution >= 4 is 11.9 Å². The van der Waals surface area contributed by atoms with E-state index in [1.807, 2.05) is 13.8 Å². The molecule has 1 atom stereocenters. The number of hydrogen-bond donors (Lipinski definition) is 0. The third-order valence-electron chi connectivity index (χ3n) is 2.33. The number of carbonyl (C=O) groups is 2. The van der Waals surface area contributed by atoms with E-state index in [-0.39, 0.29) is 18.9 Å². The van der Waals surface area contributed by atoms with Crippen LogP contribution >= 0.6 is 0 Å². The lowest BCUT2D eigenvalue weighted by Crippen LogP contribution is -2.22. The molecule has 0 saturated carbocycles. The van der Waals surface area contributed by atoms with Gasteiger partial charge in [0.25, 0.3) is 0 Å². The lowest BCUT2D eigenvalue weighted by Gasteiger charge is -2.17. The third-order valence-corrected chi connectivity index (χ3v) is 2.33. The van der Waals surface area contributed by atoms with Crippen LogP contribution in [0, 0.1) is 5.92 Å². The van der Waals surface area contributed by atoms with Gasteiger partial charge in [-0.2, -0.15) is 0 Å². The fourth-order valence-electron chi connectivity index (χ4n) is 1.52. The molecular weight excluding hydrogens is 246 g/mol. The van der Waals surface area contributed by atoms with E-state index in [2.05, 4.69) is 4.98 Å². The molecule has 0 radical (unpaired) electrons. The highest BCUT2D eigenvalue weighted by atomic mass is 16.6. The largest absolute Gasteiger partial charge is 0.463 e. The van der Waals surface area contributed by atoms with Crippen molar-refractivity contribution in [2.45, 2.75) is 33.3 Å². The Morgan fingerprint density at radius 1 is 1.26 bits per heavy atom. The second kappa shape index (κ2) is 7.51. The van der Waals surface area contributed by atoms with Crippen molar-refractivity contribution in [3.05, 3.63) is 30.1 Å². The highest BCUT2D eigenvalue weighted by Crippen LogP contribution is 2.20. The number of aromatic nitrogens is 1. The molecule has 0 fully saturated rings. The summed E-state index contributed by atoms with van der Waals surface area (Å²) in [5, 5.41) is 0. The zero-order valence-corrected chi connectivity index (χ0v) is 11.5. The van der Waals surface area contributed by atoms with Crippen molar-refractivity contribution in [1.82, 2.24) is 4.98 Å². The van der Waals surface area contributed by atoms with Gasteiger partial charge in [-0.3, -0.25) is 9.78 Å². The number of hydrogen-bond acceptors (Lipinski definition) is 5. The van der Waals surface area contributed by atoms with Crippen molar-refractivity contribution in [3.63, 3.8) is 0 Å². The van der Waals surface area contributed by atoms with E-state index in [0.29, 0.717) is 5.56 Å². The molecule has 5 heteroatoms. The molecule has 0 saturated heterocycles. The van der Waals surface area contributed by atoms with Crippen LogP contribution in [0.25, 0.3) is 0 Å². The molecule has 0 aliphatic carbocycles. The number of pyridine rings is 1. The summed E-state index contributed by atoms with van der Waals surface area (Å²) in [6.45, 7) is 5.76. The Bertz CT molecular complexity index is 417. The predicted octanol–water partition coefficient (Wildman–Crippen LogP) is 2.28. The molecule has 1 unspecified atom stereocenters. The lowest BCUT2D eigenvalue weighted by molar-refractivity contribution is -0.168. The Balaban J connectivity index is 2.81. The number of nitrogens with zero attached hydrogens (tertiary/aromatic N) is 1. The van der Waals surface area contributed by atoms with Crippen LogP contribution in [0.15, 0.2) is 24.5 Å². The van der Waals surface area contributed by atoms with Gasteiger partial charge in [-0.05, 0) is 25.0 Å². The fraction of sp³-hybridized carbons (Fsp3) is 0.500. The Hall–Kier alpha value is -1.91. The normalized spacial score (nSPS) is 12.0. The molecule has 1 rings (SSSR count). The van der Waals surface area contributed by atoms with Crippen LogP contribution in [0.5, 0.6) is 0 Å². The van der Waals surface area contributed by atoms with E-state index in [4.69, 9.17) is 9.47 Å². The van der Waals surface area contributed by atoms with Gasteiger partial charge in [0, 0.05) is 24.4 Å². The minimum Gasteiger partial charge on any atom is -0.463 e. The molecule has 0 amide bonds. The van der Waals surface area contributed by atoms with Gasteiger partial charge in [-0.15, -0.1) is 0 Å². The summed E-state index contributed by atoms with van der Waals surface area (Å²) in [6, 6.07) is 3.26. The first-order chi connectivity index (χ1) is 9.04. The highest BCUT2D eigenvalue weighted by molar-refractivity contribution is 5.80. The summed E-state index contributed by atoms with van der Waals surface area (Å²) in [5.41, 5.74) is 0.561. The zero-order valence-electron chi connectivity index (χ0n) is 11.5. The number of ether oxygens (including phenoxy) is 2. The van der Waals surface area contributed by atoms with Gasteiger partial charge in [0.05, 0.1) is 6.61 Å². The summed E-state index contributed by atoms with van der Waals surface area (Å²) in [4.78, 5) is 27.4. The first-order valence-corrected chi connectivity index (χ1v) is 6.30. The topological polar surface area (TPSA) is 65.5 Å². The number of rotatable bonds is 6. The Morgan fingerprint density at radius 2 is 1.89 bits per heavy atom. The SMILES string of the molecule is CCOC(=O)C(OC(=O)CC(C)C)c1ccncc1. The van der Waals surface area contributed by atoms with Crippen molar-refractivity contribution in [1.29, 1.82) is 0 Å². The summed E-state index contributed by atoms with van der Waals surface area (Å²) >= 11 is 0. The highest BCUT2D eigenvalue weighted by Gasteiger charge is 2.26. The lowest BCUT2D eigenvalue weighted by atomic mass is 10.1. The van der Waals surface area contributed by atoms with Gasteiger partial charge in [0.2, 0.25) is 6.10 Å². The van der Waals surface area contributed by atoms with E-state index in [9.17, 15) is 9.59 Å². The van der Waals surface area contributed by atoms with Crippen LogP contribution in [-0.2, 0) is 19.1 Å². The van der Waals surface area contributed by atoms with E-state index in [1.54, 1.807) is 19.1 Å². The predicted molar refractivity (Wildman–Crippen MR) is 69.2 cm³/mol. The van der Waals surface area contributed by atoms with Crippen molar-refractivity contribution in [2.24, 2.45) is 5.92 Å². The van der Waals surface area contributed by atoms with Crippen LogP contribution in [0.3, 0.4) is 0 Å². The average Bonchev–Trinajstić information content (AvgIpc) is 2.36. The standard InChI is InChI=1S/C14H19NO4/c1-4-18-14(17)13(11-5-7-15-8-6-11)19-12(16)9-10(2)3/h5-8,10,13H,4,9H2,1-3H3. The van der Waals surface area contributed by atoms with E-state index < -0.39 is 18.0 Å². The Morgan fingerprint density at radius 3 is 2.42 bits per heavy atom. The van der Waals surface area contributed by atoms with Crippen molar-refractivity contribution in [3.8, 4) is 0 Å². The van der Waals surface area contributed by atoms with Crippen LogP contribution in [0.1, 0.15) is 38.9 Å². The van der Waals surface area contributed by atoms with E-state index in [0.717, 1.165) is 0 Å². The van der Waals surface area contributed by atoms with Crippen LogP contribution < -0.4 is 0 Å². The van der Waals surface area contributed by atoms with Crippen molar-refractivity contribution < 1.29 is 19.1 Å². The minimum absolute atomic E-state index is 0.174. The second-order valence-electron chi connectivity index (χ2n) is 4.50. The summed E-state index contributed by atoms with van der Waals surface area (Å²) in [6.07, 6.45) is 2.32. The quantitative estimate of drug-likeness (QED) is 0.738. The Kier molecular flexibility index (Phi) is 5.99. The van der Waals surface area contributed by atoms with Gasteiger partial charge in [-0.1, -0.05) is 13.8 Å². The van der Waals surface area contributed by atoms with E-state index in [1.165, 1.54) is 12.4 Å². The summed E-state index contributed by atoms with van der Waals surface area (Å²) in [7, 11) is 0. The maximum Gasteiger partial charge on any atom is 0.352 e. The molecule has 1 heterocycles. The Labute approximate surface area is 112 Å². The molecular formula is C14H19NO4. The number of carbonyl (C=O) groups excluding carboxylic acids is 2. The second-order valence-corrected chi connectivity index (χ2v) is 4.50. The fourth-order valence-corrected chi connectivity index (χ4v) is 1.52. The van der Waals surface area contributed by atoms with Gasteiger partial charge in [0.1, 0.15) is 0 Å². The molecule has 104 valence electrons. The monoisotopic (exact) mass is 265 g/mol. The molecule has 0 aliphatic heterocycles. The van der Waals surface area contributed by atoms with Crippen molar-refractivity contribution in [2.75, 3.05) is 6.61 Å². The maximum absolute atomic E-state index is 11.8. The first kappa shape index (κ1) is 15.1. The van der Waals surface area contributed by atoms with Crippen LogP contribution in [0.2, 0.25) is 0 Å².